The zero-order valence-corrected chi connectivity index (χ0v) is 11.8. The molecule has 1 heterocycles. The van der Waals surface area contributed by atoms with Crippen molar-refractivity contribution in [2.24, 2.45) is 0 Å². The van der Waals surface area contributed by atoms with Crippen LogP contribution in [-0.4, -0.2) is 25.2 Å². The van der Waals surface area contributed by atoms with Gasteiger partial charge in [-0.05, 0) is 24.0 Å². The summed E-state index contributed by atoms with van der Waals surface area (Å²) in [7, 11) is 0. The molecule has 0 unspecified atom stereocenters. The van der Waals surface area contributed by atoms with Crippen LogP contribution in [-0.2, 0) is 12.8 Å². The third-order valence-corrected chi connectivity index (χ3v) is 3.96. The van der Waals surface area contributed by atoms with Gasteiger partial charge in [0.1, 0.15) is 0 Å². The average Bonchev–Trinajstić information content (AvgIpc) is 2.51. The number of hydrogen-bond acceptors (Lipinski definition) is 2. The summed E-state index contributed by atoms with van der Waals surface area (Å²) in [6.45, 7) is 2.10. The smallest absolute Gasteiger partial charge is 0.0233 e. The first kappa shape index (κ1) is 13.3. The fraction of sp³-hybridized carbons (Fsp3) is 0.333. The molecule has 1 aliphatic heterocycles. The molecule has 0 spiro atoms. The maximum absolute atomic E-state index is 3.68. The predicted molar refractivity (Wildman–Crippen MR) is 83.9 cm³/mol. The van der Waals surface area contributed by atoms with Gasteiger partial charge in [0.05, 0.1) is 0 Å². The van der Waals surface area contributed by atoms with Gasteiger partial charge in [0.25, 0.3) is 0 Å². The summed E-state index contributed by atoms with van der Waals surface area (Å²) < 4.78 is 0. The highest BCUT2D eigenvalue weighted by atomic mass is 15.1. The molecule has 104 valence electrons. The van der Waals surface area contributed by atoms with Crippen LogP contribution in [0.2, 0.25) is 0 Å². The van der Waals surface area contributed by atoms with Crippen molar-refractivity contribution in [2.75, 3.05) is 13.1 Å². The number of nitrogens with one attached hydrogen (secondary N) is 2. The van der Waals surface area contributed by atoms with Gasteiger partial charge in [-0.3, -0.25) is 0 Å². The van der Waals surface area contributed by atoms with Crippen LogP contribution in [0.4, 0.5) is 0 Å². The van der Waals surface area contributed by atoms with Crippen LogP contribution in [0.1, 0.15) is 11.1 Å². The molecule has 1 fully saturated rings. The minimum absolute atomic E-state index is 0.546. The molecule has 2 heteroatoms. The number of piperazine rings is 1. The van der Waals surface area contributed by atoms with Crippen molar-refractivity contribution in [2.45, 2.75) is 24.9 Å². The molecule has 2 aromatic carbocycles. The molecule has 2 atom stereocenters. The van der Waals surface area contributed by atoms with Crippen molar-refractivity contribution in [1.29, 1.82) is 0 Å². The molecule has 0 aliphatic carbocycles. The second-order valence-corrected chi connectivity index (χ2v) is 5.59. The molecule has 20 heavy (non-hydrogen) atoms. The Hall–Kier alpha value is -1.64. The highest BCUT2D eigenvalue weighted by Gasteiger charge is 2.19. The number of hydrogen-bond donors (Lipinski definition) is 2. The molecular formula is C18H22N2. The summed E-state index contributed by atoms with van der Waals surface area (Å²) in [6, 6.07) is 22.5. The third-order valence-electron chi connectivity index (χ3n) is 3.96. The van der Waals surface area contributed by atoms with Crippen LogP contribution in [0.3, 0.4) is 0 Å². The maximum atomic E-state index is 3.68. The van der Waals surface area contributed by atoms with Crippen molar-refractivity contribution >= 4 is 0 Å². The van der Waals surface area contributed by atoms with E-state index in [4.69, 9.17) is 0 Å². The van der Waals surface area contributed by atoms with Crippen molar-refractivity contribution in [3.63, 3.8) is 0 Å². The molecule has 0 radical (unpaired) electrons. The van der Waals surface area contributed by atoms with Crippen molar-refractivity contribution in [3.8, 4) is 0 Å². The van der Waals surface area contributed by atoms with Crippen LogP contribution >= 0.6 is 0 Å². The zero-order chi connectivity index (χ0) is 13.6. The van der Waals surface area contributed by atoms with Crippen molar-refractivity contribution in [1.82, 2.24) is 10.6 Å². The van der Waals surface area contributed by atoms with Crippen LogP contribution in [0.5, 0.6) is 0 Å². The normalized spacial score (nSPS) is 22.6. The largest absolute Gasteiger partial charge is 0.311 e. The van der Waals surface area contributed by atoms with Crippen LogP contribution in [0.25, 0.3) is 0 Å². The highest BCUT2D eigenvalue weighted by Crippen LogP contribution is 2.08. The Bertz CT molecular complexity index is 452. The lowest BCUT2D eigenvalue weighted by Gasteiger charge is -2.31. The lowest BCUT2D eigenvalue weighted by molar-refractivity contribution is 0.342. The van der Waals surface area contributed by atoms with E-state index < -0.39 is 0 Å². The lowest BCUT2D eigenvalue weighted by Crippen LogP contribution is -2.55. The van der Waals surface area contributed by atoms with E-state index in [1.165, 1.54) is 11.1 Å². The summed E-state index contributed by atoms with van der Waals surface area (Å²) >= 11 is 0. The average molecular weight is 266 g/mol. The second-order valence-electron chi connectivity index (χ2n) is 5.59. The Morgan fingerprint density at radius 2 is 1.05 bits per heavy atom. The van der Waals surface area contributed by atoms with E-state index in [2.05, 4.69) is 71.3 Å². The summed E-state index contributed by atoms with van der Waals surface area (Å²) in [5.41, 5.74) is 2.82. The third kappa shape index (κ3) is 3.69. The molecule has 2 aromatic rings. The Kier molecular flexibility index (Phi) is 4.46. The molecule has 1 aliphatic rings. The van der Waals surface area contributed by atoms with Gasteiger partial charge >= 0.3 is 0 Å². The first-order valence-electron chi connectivity index (χ1n) is 7.45. The Labute approximate surface area is 121 Å². The van der Waals surface area contributed by atoms with E-state index in [1.807, 2.05) is 0 Å². The molecule has 0 saturated carbocycles. The Morgan fingerprint density at radius 3 is 1.40 bits per heavy atom. The first-order valence-corrected chi connectivity index (χ1v) is 7.45. The first-order chi connectivity index (χ1) is 9.90. The molecule has 3 rings (SSSR count). The molecule has 0 aromatic heterocycles. The van der Waals surface area contributed by atoms with Crippen molar-refractivity contribution in [3.05, 3.63) is 71.8 Å². The molecule has 0 amide bonds. The monoisotopic (exact) mass is 266 g/mol. The topological polar surface area (TPSA) is 24.1 Å². The van der Waals surface area contributed by atoms with Gasteiger partial charge < -0.3 is 10.6 Å². The SMILES string of the molecule is c1ccc(C[C@H]2CN[C@@H](Cc3ccccc3)CN2)cc1. The van der Waals surface area contributed by atoms with E-state index in [0.29, 0.717) is 12.1 Å². The van der Waals surface area contributed by atoms with Gasteiger partial charge in [-0.1, -0.05) is 60.7 Å². The van der Waals surface area contributed by atoms with Gasteiger partial charge in [-0.25, -0.2) is 0 Å². The zero-order valence-electron chi connectivity index (χ0n) is 11.8. The van der Waals surface area contributed by atoms with Gasteiger partial charge in [-0.2, -0.15) is 0 Å². The molecule has 0 bridgehead atoms. The molecule has 2 N–H and O–H groups in total. The summed E-state index contributed by atoms with van der Waals surface area (Å²) in [4.78, 5) is 0. The van der Waals surface area contributed by atoms with Gasteiger partial charge in [0.2, 0.25) is 0 Å². The number of benzene rings is 2. The Balaban J connectivity index is 1.47. The minimum Gasteiger partial charge on any atom is -0.311 e. The van der Waals surface area contributed by atoms with E-state index in [9.17, 15) is 0 Å². The second kappa shape index (κ2) is 6.69. The lowest BCUT2D eigenvalue weighted by atomic mass is 10.00. The van der Waals surface area contributed by atoms with Crippen molar-refractivity contribution < 1.29 is 0 Å². The van der Waals surface area contributed by atoms with E-state index in [1.54, 1.807) is 0 Å². The Morgan fingerprint density at radius 1 is 0.650 bits per heavy atom. The minimum atomic E-state index is 0.546. The fourth-order valence-corrected chi connectivity index (χ4v) is 2.85. The van der Waals surface area contributed by atoms with Crippen LogP contribution < -0.4 is 10.6 Å². The highest BCUT2D eigenvalue weighted by molar-refractivity contribution is 5.18. The van der Waals surface area contributed by atoms with Gasteiger partial charge in [0.15, 0.2) is 0 Å². The molecule has 1 saturated heterocycles. The molecular weight excluding hydrogens is 244 g/mol. The van der Waals surface area contributed by atoms with Crippen LogP contribution in [0.15, 0.2) is 60.7 Å². The van der Waals surface area contributed by atoms with Gasteiger partial charge in [-0.15, -0.1) is 0 Å². The number of rotatable bonds is 4. The maximum Gasteiger partial charge on any atom is 0.0233 e. The fourth-order valence-electron chi connectivity index (χ4n) is 2.85. The summed E-state index contributed by atoms with van der Waals surface area (Å²) in [5.74, 6) is 0. The molecule has 2 nitrogen and oxygen atoms in total. The quantitative estimate of drug-likeness (QED) is 0.888. The predicted octanol–water partition coefficient (Wildman–Crippen LogP) is 2.40. The van der Waals surface area contributed by atoms with E-state index in [-0.39, 0.29) is 0 Å². The summed E-state index contributed by atoms with van der Waals surface area (Å²) in [5, 5.41) is 7.35. The summed E-state index contributed by atoms with van der Waals surface area (Å²) in [6.07, 6.45) is 2.21. The van der Waals surface area contributed by atoms with Gasteiger partial charge in [0, 0.05) is 25.2 Å². The van der Waals surface area contributed by atoms with Crippen LogP contribution in [0, 0.1) is 0 Å². The van der Waals surface area contributed by atoms with E-state index >= 15 is 0 Å². The van der Waals surface area contributed by atoms with E-state index in [0.717, 1.165) is 25.9 Å². The standard InChI is InChI=1S/C18H22N2/c1-3-7-15(8-4-1)11-17-13-20-18(14-19-17)12-16-9-5-2-6-10-16/h1-10,17-20H,11-14H2/t17-,18-/m0/s1.